The molecule has 0 spiro atoms. The van der Waals surface area contributed by atoms with Crippen LogP contribution in [0.25, 0.3) is 22.3 Å². The van der Waals surface area contributed by atoms with E-state index in [4.69, 9.17) is 9.97 Å². The molecular formula is C20H22N4. The molecule has 3 heterocycles. The highest BCUT2D eigenvalue weighted by atomic mass is 15.2. The summed E-state index contributed by atoms with van der Waals surface area (Å²) in [6.07, 6.45) is 8.55. The van der Waals surface area contributed by atoms with Crippen molar-refractivity contribution in [2.75, 3.05) is 11.4 Å². The molecule has 3 aromatic rings. The van der Waals surface area contributed by atoms with Crippen molar-refractivity contribution in [2.24, 2.45) is 0 Å². The van der Waals surface area contributed by atoms with Crippen molar-refractivity contribution in [1.29, 1.82) is 0 Å². The number of rotatable bonds is 3. The van der Waals surface area contributed by atoms with Crippen molar-refractivity contribution < 1.29 is 0 Å². The standard InChI is InChI=1S/C20H22N4/c1-2-16-7-5-6-14-24(16)20-17-8-3-4-9-18(17)22-19(23-20)15-10-12-21-13-11-15/h3-4,8-13,16H,2,5-7,14H2,1H3/t16-/m1/s1. The number of pyridine rings is 1. The zero-order valence-corrected chi connectivity index (χ0v) is 14.0. The second kappa shape index (κ2) is 6.56. The number of nitrogens with zero attached hydrogens (tertiary/aromatic N) is 4. The highest BCUT2D eigenvalue weighted by Crippen LogP contribution is 2.32. The van der Waals surface area contributed by atoms with Crippen LogP contribution >= 0.6 is 0 Å². The third-order valence-electron chi connectivity index (χ3n) is 4.89. The maximum atomic E-state index is 4.98. The van der Waals surface area contributed by atoms with E-state index in [9.17, 15) is 0 Å². The Kier molecular flexibility index (Phi) is 4.11. The van der Waals surface area contributed by atoms with Crippen LogP contribution < -0.4 is 4.90 Å². The van der Waals surface area contributed by atoms with Gasteiger partial charge in [0.25, 0.3) is 0 Å². The number of benzene rings is 1. The zero-order valence-electron chi connectivity index (χ0n) is 14.0. The molecule has 0 amide bonds. The van der Waals surface area contributed by atoms with Crippen molar-refractivity contribution in [2.45, 2.75) is 38.6 Å². The van der Waals surface area contributed by atoms with Gasteiger partial charge in [-0.2, -0.15) is 0 Å². The third-order valence-corrected chi connectivity index (χ3v) is 4.89. The van der Waals surface area contributed by atoms with Crippen molar-refractivity contribution in [3.63, 3.8) is 0 Å². The second-order valence-corrected chi connectivity index (χ2v) is 6.38. The first-order chi connectivity index (χ1) is 11.9. The van der Waals surface area contributed by atoms with Crippen LogP contribution in [0, 0.1) is 0 Å². The van der Waals surface area contributed by atoms with Crippen molar-refractivity contribution in [1.82, 2.24) is 15.0 Å². The molecule has 0 aliphatic carbocycles. The van der Waals surface area contributed by atoms with Gasteiger partial charge in [-0.3, -0.25) is 4.98 Å². The molecule has 0 saturated carbocycles. The van der Waals surface area contributed by atoms with Gasteiger partial charge in [0.2, 0.25) is 0 Å². The lowest BCUT2D eigenvalue weighted by Crippen LogP contribution is -2.39. The molecule has 1 aliphatic heterocycles. The van der Waals surface area contributed by atoms with E-state index in [0.29, 0.717) is 6.04 Å². The van der Waals surface area contributed by atoms with Crippen LogP contribution in [0.2, 0.25) is 0 Å². The van der Waals surface area contributed by atoms with Crippen LogP contribution in [0.4, 0.5) is 5.82 Å². The Bertz CT molecular complexity index is 831. The molecule has 1 atom stereocenters. The number of hydrogen-bond donors (Lipinski definition) is 0. The number of fused-ring (bicyclic) bond motifs is 1. The van der Waals surface area contributed by atoms with Crippen molar-refractivity contribution in [3.8, 4) is 11.4 Å². The van der Waals surface area contributed by atoms with Crippen LogP contribution in [0.5, 0.6) is 0 Å². The van der Waals surface area contributed by atoms with Gasteiger partial charge >= 0.3 is 0 Å². The maximum absolute atomic E-state index is 4.98. The van der Waals surface area contributed by atoms with Crippen LogP contribution in [-0.4, -0.2) is 27.5 Å². The fourth-order valence-electron chi connectivity index (χ4n) is 3.61. The van der Waals surface area contributed by atoms with Crippen LogP contribution in [0.15, 0.2) is 48.8 Å². The molecule has 1 fully saturated rings. The Morgan fingerprint density at radius 3 is 2.71 bits per heavy atom. The Hall–Kier alpha value is -2.49. The summed E-state index contributed by atoms with van der Waals surface area (Å²) in [6, 6.07) is 12.9. The van der Waals surface area contributed by atoms with E-state index < -0.39 is 0 Å². The van der Waals surface area contributed by atoms with Gasteiger partial charge in [0.15, 0.2) is 5.82 Å². The lowest BCUT2D eigenvalue weighted by atomic mass is 9.99. The molecule has 0 bridgehead atoms. The van der Waals surface area contributed by atoms with Gasteiger partial charge in [-0.25, -0.2) is 9.97 Å². The third kappa shape index (κ3) is 2.73. The molecule has 0 N–H and O–H groups in total. The van der Waals surface area contributed by atoms with Crippen LogP contribution in [-0.2, 0) is 0 Å². The monoisotopic (exact) mass is 318 g/mol. The molecule has 2 aromatic heterocycles. The second-order valence-electron chi connectivity index (χ2n) is 6.38. The molecule has 4 rings (SSSR count). The minimum Gasteiger partial charge on any atom is -0.353 e. The average Bonchev–Trinajstić information content (AvgIpc) is 2.68. The van der Waals surface area contributed by atoms with E-state index in [-0.39, 0.29) is 0 Å². The molecule has 0 unspecified atom stereocenters. The van der Waals surface area contributed by atoms with Gasteiger partial charge in [0.05, 0.1) is 5.52 Å². The van der Waals surface area contributed by atoms with Gasteiger partial charge < -0.3 is 4.90 Å². The van der Waals surface area contributed by atoms with E-state index in [1.165, 1.54) is 19.3 Å². The SMILES string of the molecule is CC[C@@H]1CCCCN1c1nc(-c2ccncc2)nc2ccccc12. The largest absolute Gasteiger partial charge is 0.353 e. The molecule has 4 heteroatoms. The van der Waals surface area contributed by atoms with Gasteiger partial charge in [-0.15, -0.1) is 0 Å². The Morgan fingerprint density at radius 1 is 1.04 bits per heavy atom. The lowest BCUT2D eigenvalue weighted by Gasteiger charge is -2.37. The normalized spacial score (nSPS) is 18.0. The molecule has 1 aromatic carbocycles. The first-order valence-electron chi connectivity index (χ1n) is 8.80. The predicted octanol–water partition coefficient (Wildman–Crippen LogP) is 4.46. The Balaban J connectivity index is 1.89. The number of para-hydroxylation sites is 1. The first-order valence-corrected chi connectivity index (χ1v) is 8.80. The number of anilines is 1. The van der Waals surface area contributed by atoms with Gasteiger partial charge in [0, 0.05) is 35.9 Å². The minimum atomic E-state index is 0.572. The topological polar surface area (TPSA) is 41.9 Å². The van der Waals surface area contributed by atoms with Crippen LogP contribution in [0.1, 0.15) is 32.6 Å². The fourth-order valence-corrected chi connectivity index (χ4v) is 3.61. The van der Waals surface area contributed by atoms with Gasteiger partial charge in [-0.05, 0) is 49.9 Å². The van der Waals surface area contributed by atoms with E-state index in [0.717, 1.165) is 41.1 Å². The summed E-state index contributed by atoms with van der Waals surface area (Å²) in [6.45, 7) is 3.35. The smallest absolute Gasteiger partial charge is 0.162 e. The molecule has 1 saturated heterocycles. The summed E-state index contributed by atoms with van der Waals surface area (Å²) >= 11 is 0. The average molecular weight is 318 g/mol. The molecular weight excluding hydrogens is 296 g/mol. The van der Waals surface area contributed by atoms with E-state index >= 15 is 0 Å². The molecule has 24 heavy (non-hydrogen) atoms. The Labute approximate surface area is 142 Å². The van der Waals surface area contributed by atoms with Crippen LogP contribution in [0.3, 0.4) is 0 Å². The zero-order chi connectivity index (χ0) is 16.4. The van der Waals surface area contributed by atoms with Gasteiger partial charge in [-0.1, -0.05) is 19.1 Å². The van der Waals surface area contributed by atoms with E-state index in [1.54, 1.807) is 12.4 Å². The minimum absolute atomic E-state index is 0.572. The van der Waals surface area contributed by atoms with Gasteiger partial charge in [0.1, 0.15) is 5.82 Å². The van der Waals surface area contributed by atoms with E-state index in [2.05, 4.69) is 35.0 Å². The predicted molar refractivity (Wildman–Crippen MR) is 98.0 cm³/mol. The lowest BCUT2D eigenvalue weighted by molar-refractivity contribution is 0.448. The number of hydrogen-bond acceptors (Lipinski definition) is 4. The molecule has 1 aliphatic rings. The fraction of sp³-hybridized carbons (Fsp3) is 0.350. The highest BCUT2D eigenvalue weighted by molar-refractivity contribution is 5.91. The summed E-state index contributed by atoms with van der Waals surface area (Å²) in [5, 5.41) is 1.15. The first kappa shape index (κ1) is 15.1. The quantitative estimate of drug-likeness (QED) is 0.715. The molecule has 122 valence electrons. The highest BCUT2D eigenvalue weighted by Gasteiger charge is 2.24. The Morgan fingerprint density at radius 2 is 1.88 bits per heavy atom. The summed E-state index contributed by atoms with van der Waals surface area (Å²) in [7, 11) is 0. The summed E-state index contributed by atoms with van der Waals surface area (Å²) in [5.74, 6) is 1.87. The number of aromatic nitrogens is 3. The van der Waals surface area contributed by atoms with Crippen molar-refractivity contribution in [3.05, 3.63) is 48.8 Å². The van der Waals surface area contributed by atoms with Crippen molar-refractivity contribution >= 4 is 16.7 Å². The maximum Gasteiger partial charge on any atom is 0.162 e. The van der Waals surface area contributed by atoms with E-state index in [1.807, 2.05) is 18.2 Å². The summed E-state index contributed by atoms with van der Waals surface area (Å²) in [5.41, 5.74) is 2.02. The summed E-state index contributed by atoms with van der Waals surface area (Å²) in [4.78, 5) is 16.4. The molecule has 4 nitrogen and oxygen atoms in total. The summed E-state index contributed by atoms with van der Waals surface area (Å²) < 4.78 is 0. The molecule has 0 radical (unpaired) electrons. The number of piperidine rings is 1.